The van der Waals surface area contributed by atoms with Crippen LogP contribution in [-0.2, 0) is 72.9 Å². The Labute approximate surface area is 344 Å². The molecule has 0 amide bonds. The fourth-order valence-corrected chi connectivity index (χ4v) is 12.1. The van der Waals surface area contributed by atoms with Gasteiger partial charge >= 0.3 is 15.2 Å². The summed E-state index contributed by atoms with van der Waals surface area (Å²) in [4.78, 5) is 41.7. The molecule has 0 aliphatic heterocycles. The molecule has 26 nitrogen and oxygen atoms in total. The van der Waals surface area contributed by atoms with Crippen LogP contribution in [0.5, 0.6) is 0 Å². The Morgan fingerprint density at radius 1 is 0.450 bits per heavy atom. The second-order valence-electron chi connectivity index (χ2n) is 11.6. The highest BCUT2D eigenvalue weighted by Crippen LogP contribution is 2.49. The van der Waals surface area contributed by atoms with Crippen molar-refractivity contribution in [1.82, 2.24) is 0 Å². The van der Waals surface area contributed by atoms with Crippen LogP contribution >= 0.6 is 46.6 Å². The summed E-state index contributed by atoms with van der Waals surface area (Å²) in [7, 11) is -39.0. The third kappa shape index (κ3) is 11.5. The second-order valence-corrected chi connectivity index (χ2v) is 24.1. The first-order chi connectivity index (χ1) is 27.1. The van der Waals surface area contributed by atoms with E-state index in [1.807, 2.05) is 0 Å². The molecule has 4 aromatic rings. The van der Waals surface area contributed by atoms with E-state index < -0.39 is 142 Å². The van der Waals surface area contributed by atoms with Crippen LogP contribution in [0.1, 0.15) is 0 Å². The number of hydrogen-bond acceptors (Lipinski definition) is 19. The third-order valence-corrected chi connectivity index (χ3v) is 15.4. The minimum absolute atomic E-state index is 0.0325. The maximum Gasteiger partial charge on any atom is 0.356 e. The molecular weight excluding hydrogens is 1000 g/mol. The topological polar surface area (TPSA) is 447 Å². The van der Waals surface area contributed by atoms with Gasteiger partial charge in [-0.1, -0.05) is 10.1 Å². The summed E-state index contributed by atoms with van der Waals surface area (Å²) in [5, 5.41) is 21.4. The lowest BCUT2D eigenvalue weighted by Crippen LogP contribution is -2.15. The molecule has 11 N–H and O–H groups in total. The lowest BCUT2D eigenvalue weighted by molar-refractivity contribution is -0.432. The summed E-state index contributed by atoms with van der Waals surface area (Å²) in [6, 6.07) is 3.52. The van der Waals surface area contributed by atoms with Crippen molar-refractivity contribution in [3.05, 3.63) is 54.6 Å². The predicted octanol–water partition coefficient (Wildman–Crippen LogP) is 1.66. The van der Waals surface area contributed by atoms with Crippen LogP contribution < -0.4 is 15.9 Å². The average Bonchev–Trinajstić information content (AvgIpc) is 3.08. The molecule has 0 fully saturated rings. The summed E-state index contributed by atoms with van der Waals surface area (Å²) in [5.41, 5.74) is -6.23. The fourth-order valence-electron chi connectivity index (χ4n) is 5.27. The van der Waals surface area contributed by atoms with Gasteiger partial charge in [0.15, 0.2) is 0 Å². The molecular formula is C25H23O26P3S6. The molecule has 35 heteroatoms. The van der Waals surface area contributed by atoms with Crippen LogP contribution in [0.25, 0.3) is 33.4 Å². The molecule has 0 saturated carbocycles. The SMILES string of the molecule is CP(=O)(O)c1cc(SOOO)c(-c2cc(-c3c(SOOO)cc(P(=O)(O)O)cc3S(=O)(=O)O)cc(-c3c(S(=O)(=O)O)cc(P(=O)(O)O)cc3S(=O)(=O)O)c2)c(S(=O)(=O)O)c1. The molecule has 330 valence electrons. The lowest BCUT2D eigenvalue weighted by atomic mass is 9.93. The van der Waals surface area contributed by atoms with Crippen LogP contribution in [0.2, 0.25) is 0 Å². The van der Waals surface area contributed by atoms with Crippen molar-refractivity contribution in [2.45, 2.75) is 29.4 Å². The maximum absolute atomic E-state index is 12.9. The average molecular weight is 1020 g/mol. The summed E-state index contributed by atoms with van der Waals surface area (Å²) in [6.07, 6.45) is 0. The first-order valence-corrected chi connectivity index (χ1v) is 27.0. The zero-order chi connectivity index (χ0) is 45.8. The van der Waals surface area contributed by atoms with E-state index in [4.69, 9.17) is 10.5 Å². The highest BCUT2D eigenvalue weighted by molar-refractivity contribution is 7.95. The van der Waals surface area contributed by atoms with Gasteiger partial charge in [0.25, 0.3) is 40.5 Å². The Kier molecular flexibility index (Phi) is 14.7. The lowest BCUT2D eigenvalue weighted by Gasteiger charge is -2.21. The molecule has 4 aromatic carbocycles. The predicted molar refractivity (Wildman–Crippen MR) is 202 cm³/mol. The smallest absolute Gasteiger partial charge is 0.341 e. The van der Waals surface area contributed by atoms with Gasteiger partial charge in [-0.05, 0) is 71.3 Å². The fraction of sp³-hybridized carbons (Fsp3) is 0.0400. The van der Waals surface area contributed by atoms with E-state index in [0.29, 0.717) is 43.1 Å². The highest BCUT2D eigenvalue weighted by atomic mass is 32.2. The van der Waals surface area contributed by atoms with E-state index in [1.54, 1.807) is 0 Å². The molecule has 0 radical (unpaired) electrons. The molecule has 0 aliphatic rings. The van der Waals surface area contributed by atoms with Gasteiger partial charge in [0, 0.05) is 38.5 Å². The van der Waals surface area contributed by atoms with Gasteiger partial charge in [0.2, 0.25) is 7.37 Å². The molecule has 60 heavy (non-hydrogen) atoms. The normalized spacial score (nSPS) is 14.3. The van der Waals surface area contributed by atoms with Crippen molar-refractivity contribution in [1.29, 1.82) is 0 Å². The number of benzene rings is 4. The van der Waals surface area contributed by atoms with Gasteiger partial charge in [-0.15, -0.1) is 8.67 Å². The van der Waals surface area contributed by atoms with Crippen molar-refractivity contribution in [3.63, 3.8) is 0 Å². The molecule has 0 bridgehead atoms. The standard InChI is InChI=1S/C25H23O26P3S6/c1-52(28,29)14-5-17(55-50-48-26)23(19(7-14)57(36,37)38)11-2-12(24-18(56-51-49-27)6-15(53(30,31)32)8-20(24)58(39,40)41)4-13(3-11)25-21(59(42,43)44)9-16(54(33,34)35)10-22(25)60(45,46)47/h2-10,26-27H,1H3,(H,28,29)(H2,30,31,32)(H2,33,34,35)(H,36,37,38)(H,39,40,41)(H,42,43,44)(H,45,46,47). The molecule has 0 aliphatic carbocycles. The van der Waals surface area contributed by atoms with Crippen molar-refractivity contribution in [2.75, 3.05) is 6.66 Å². The molecule has 4 rings (SSSR count). The van der Waals surface area contributed by atoms with Gasteiger partial charge in [-0.25, -0.2) is 10.5 Å². The molecule has 0 spiro atoms. The molecule has 0 saturated heterocycles. The Morgan fingerprint density at radius 3 is 1.00 bits per heavy atom. The van der Waals surface area contributed by atoms with Gasteiger partial charge in [0.1, 0.15) is 19.6 Å². The van der Waals surface area contributed by atoms with Crippen LogP contribution in [-0.4, -0.2) is 93.5 Å². The minimum Gasteiger partial charge on any atom is -0.341 e. The van der Waals surface area contributed by atoms with Crippen LogP contribution in [0.4, 0.5) is 0 Å². The van der Waals surface area contributed by atoms with Gasteiger partial charge in [-0.2, -0.15) is 33.7 Å². The van der Waals surface area contributed by atoms with E-state index in [1.165, 1.54) is 0 Å². The van der Waals surface area contributed by atoms with Crippen molar-refractivity contribution in [3.8, 4) is 33.4 Å². The monoisotopic (exact) mass is 1020 g/mol. The number of hydrogen-bond donors (Lipinski definition) is 11. The van der Waals surface area contributed by atoms with Crippen molar-refractivity contribution in [2.24, 2.45) is 0 Å². The van der Waals surface area contributed by atoms with E-state index in [0.717, 1.165) is 0 Å². The van der Waals surface area contributed by atoms with E-state index in [9.17, 15) is 90.0 Å². The summed E-state index contributed by atoms with van der Waals surface area (Å²) in [5.74, 6) is 0. The summed E-state index contributed by atoms with van der Waals surface area (Å²) in [6.45, 7) is 0.691. The number of rotatable bonds is 16. The zero-order valence-corrected chi connectivity index (χ0v) is 36.1. The van der Waals surface area contributed by atoms with Crippen LogP contribution in [0, 0.1) is 0 Å². The van der Waals surface area contributed by atoms with Crippen molar-refractivity contribution >= 4 is 103 Å². The Morgan fingerprint density at radius 2 is 0.717 bits per heavy atom. The van der Waals surface area contributed by atoms with E-state index >= 15 is 0 Å². The highest BCUT2D eigenvalue weighted by Gasteiger charge is 2.35. The quantitative estimate of drug-likeness (QED) is 0.0250. The molecule has 1 unspecified atom stereocenters. The molecule has 0 aromatic heterocycles. The van der Waals surface area contributed by atoms with Crippen LogP contribution in [0.15, 0.2) is 84.0 Å². The van der Waals surface area contributed by atoms with E-state index in [2.05, 4.69) is 18.7 Å². The first kappa shape index (κ1) is 50.1. The third-order valence-electron chi connectivity index (χ3n) is 7.52. The van der Waals surface area contributed by atoms with Gasteiger partial charge < -0.3 is 24.5 Å². The van der Waals surface area contributed by atoms with E-state index in [-0.39, 0.29) is 42.3 Å². The Bertz CT molecular complexity index is 2820. The molecule has 0 heterocycles. The van der Waals surface area contributed by atoms with Gasteiger partial charge in [-0.3, -0.25) is 31.9 Å². The first-order valence-electron chi connectivity index (χ1n) is 14.4. The zero-order valence-electron chi connectivity index (χ0n) is 28.5. The largest absolute Gasteiger partial charge is 0.356 e. The van der Waals surface area contributed by atoms with Crippen LogP contribution in [0.3, 0.4) is 0 Å². The molecule has 1 atom stereocenters. The Hall–Kier alpha value is -2.53. The summed E-state index contributed by atoms with van der Waals surface area (Å²) >= 11 is -0.439. The second kappa shape index (κ2) is 17.6. The Balaban J connectivity index is 2.50. The minimum atomic E-state index is -5.92. The van der Waals surface area contributed by atoms with Gasteiger partial charge in [0.05, 0.1) is 34.7 Å². The summed E-state index contributed by atoms with van der Waals surface area (Å²) < 4.78 is 190. The maximum atomic E-state index is 12.9. The van der Waals surface area contributed by atoms with Crippen molar-refractivity contribution < 1.29 is 119 Å².